The third kappa shape index (κ3) is 3.28. The smallest absolute Gasteiger partial charge is 0.239 e. The molecule has 0 spiro atoms. The number of hydrogen-bond acceptors (Lipinski definition) is 7. The van der Waals surface area contributed by atoms with Crippen LogP contribution in [0.5, 0.6) is 0 Å². The fourth-order valence-corrected chi connectivity index (χ4v) is 2.07. The summed E-state index contributed by atoms with van der Waals surface area (Å²) in [5.74, 6) is 6.58. The highest BCUT2D eigenvalue weighted by Gasteiger charge is 2.20. The van der Waals surface area contributed by atoms with Crippen molar-refractivity contribution >= 4 is 11.8 Å². The second-order valence-corrected chi connectivity index (χ2v) is 4.16. The van der Waals surface area contributed by atoms with Crippen LogP contribution in [0, 0.1) is 0 Å². The summed E-state index contributed by atoms with van der Waals surface area (Å²) < 4.78 is 5.52. The standard InChI is InChI=1S/C11H19N5O2/c12-15-11-13-4-1-10(14-11)16-5-2-9(3-6-16)18-8-7-17/h1,4,9,17H,2-3,5-8,12H2,(H,13,14,15). The van der Waals surface area contributed by atoms with Crippen LogP contribution in [0.25, 0.3) is 0 Å². The second-order valence-electron chi connectivity index (χ2n) is 4.16. The van der Waals surface area contributed by atoms with Gasteiger partial charge in [0.2, 0.25) is 5.95 Å². The van der Waals surface area contributed by atoms with Crippen molar-refractivity contribution in [3.05, 3.63) is 12.3 Å². The van der Waals surface area contributed by atoms with Crippen LogP contribution >= 0.6 is 0 Å². The third-order valence-electron chi connectivity index (χ3n) is 2.98. The highest BCUT2D eigenvalue weighted by Crippen LogP contribution is 2.19. The number of aromatic nitrogens is 2. The van der Waals surface area contributed by atoms with E-state index in [2.05, 4.69) is 20.3 Å². The molecule has 0 unspecified atom stereocenters. The largest absolute Gasteiger partial charge is 0.394 e. The van der Waals surface area contributed by atoms with Crippen LogP contribution in [0.15, 0.2) is 12.3 Å². The molecule has 2 heterocycles. The third-order valence-corrected chi connectivity index (χ3v) is 2.98. The molecule has 0 saturated carbocycles. The minimum atomic E-state index is 0.0810. The minimum absolute atomic E-state index is 0.0810. The highest BCUT2D eigenvalue weighted by molar-refractivity contribution is 5.42. The average Bonchev–Trinajstić information content (AvgIpc) is 2.46. The fourth-order valence-electron chi connectivity index (χ4n) is 2.07. The molecule has 0 atom stereocenters. The molecule has 0 amide bonds. The molecule has 1 aliphatic rings. The van der Waals surface area contributed by atoms with Crippen molar-refractivity contribution in [2.75, 3.05) is 36.6 Å². The van der Waals surface area contributed by atoms with Gasteiger partial charge in [-0.15, -0.1) is 0 Å². The maximum atomic E-state index is 8.71. The number of aliphatic hydroxyl groups is 1. The normalized spacial score (nSPS) is 16.9. The van der Waals surface area contributed by atoms with E-state index in [0.29, 0.717) is 12.6 Å². The Labute approximate surface area is 106 Å². The average molecular weight is 253 g/mol. The summed E-state index contributed by atoms with van der Waals surface area (Å²) in [5.41, 5.74) is 2.44. The Hall–Kier alpha value is -1.44. The van der Waals surface area contributed by atoms with E-state index in [1.165, 1.54) is 0 Å². The summed E-state index contributed by atoms with van der Waals surface area (Å²) in [6, 6.07) is 1.87. The Morgan fingerprint density at radius 1 is 1.50 bits per heavy atom. The molecule has 1 aromatic heterocycles. The van der Waals surface area contributed by atoms with Gasteiger partial charge in [0.15, 0.2) is 0 Å². The number of nitrogen functional groups attached to an aromatic ring is 1. The van der Waals surface area contributed by atoms with Gasteiger partial charge in [0.05, 0.1) is 19.3 Å². The lowest BCUT2D eigenvalue weighted by Crippen LogP contribution is -2.38. The lowest BCUT2D eigenvalue weighted by Gasteiger charge is -2.32. The lowest BCUT2D eigenvalue weighted by molar-refractivity contribution is 0.0158. The molecule has 7 heteroatoms. The highest BCUT2D eigenvalue weighted by atomic mass is 16.5. The predicted octanol–water partition coefficient (Wildman–Crippen LogP) is -0.260. The molecule has 0 aliphatic carbocycles. The van der Waals surface area contributed by atoms with Crippen molar-refractivity contribution < 1.29 is 9.84 Å². The van der Waals surface area contributed by atoms with Gasteiger partial charge in [-0.1, -0.05) is 0 Å². The molecule has 1 aromatic rings. The van der Waals surface area contributed by atoms with Crippen LogP contribution in [0.1, 0.15) is 12.8 Å². The second kappa shape index (κ2) is 6.48. The predicted molar refractivity (Wildman–Crippen MR) is 68.1 cm³/mol. The van der Waals surface area contributed by atoms with Gasteiger partial charge in [-0.3, -0.25) is 5.43 Å². The van der Waals surface area contributed by atoms with Crippen LogP contribution in [-0.4, -0.2) is 47.5 Å². The van der Waals surface area contributed by atoms with E-state index in [1.54, 1.807) is 6.20 Å². The zero-order valence-electron chi connectivity index (χ0n) is 10.2. The monoisotopic (exact) mass is 253 g/mol. The summed E-state index contributed by atoms with van der Waals surface area (Å²) >= 11 is 0. The molecule has 1 saturated heterocycles. The molecule has 0 bridgehead atoms. The number of nitrogens with one attached hydrogen (secondary N) is 1. The molecule has 1 aliphatic heterocycles. The van der Waals surface area contributed by atoms with E-state index in [1.807, 2.05) is 6.07 Å². The number of aliphatic hydroxyl groups excluding tert-OH is 1. The topological polar surface area (TPSA) is 96.5 Å². The van der Waals surface area contributed by atoms with Gasteiger partial charge in [-0.2, -0.15) is 4.98 Å². The number of hydrazine groups is 1. The minimum Gasteiger partial charge on any atom is -0.394 e. The first-order chi connectivity index (χ1) is 8.83. The molecule has 1 fully saturated rings. The summed E-state index contributed by atoms with van der Waals surface area (Å²) in [4.78, 5) is 10.5. The first kappa shape index (κ1) is 13.0. The number of piperidine rings is 1. The number of anilines is 2. The summed E-state index contributed by atoms with van der Waals surface area (Å²) in [7, 11) is 0. The zero-order chi connectivity index (χ0) is 12.8. The van der Waals surface area contributed by atoms with Crippen LogP contribution in [0.3, 0.4) is 0 Å². The van der Waals surface area contributed by atoms with Gasteiger partial charge < -0.3 is 14.7 Å². The maximum Gasteiger partial charge on any atom is 0.239 e. The van der Waals surface area contributed by atoms with Crippen LogP contribution < -0.4 is 16.2 Å². The van der Waals surface area contributed by atoms with Crippen molar-refractivity contribution in [3.8, 4) is 0 Å². The summed E-state index contributed by atoms with van der Waals surface area (Å²) in [6.07, 6.45) is 3.80. The van der Waals surface area contributed by atoms with E-state index in [-0.39, 0.29) is 12.7 Å². The summed E-state index contributed by atoms with van der Waals surface area (Å²) in [5, 5.41) is 8.71. The molecular weight excluding hydrogens is 234 g/mol. The molecular formula is C11H19N5O2. The van der Waals surface area contributed by atoms with Gasteiger partial charge in [-0.25, -0.2) is 10.8 Å². The van der Waals surface area contributed by atoms with Gasteiger partial charge in [0.1, 0.15) is 5.82 Å². The van der Waals surface area contributed by atoms with Crippen LogP contribution in [0.4, 0.5) is 11.8 Å². The van der Waals surface area contributed by atoms with Gasteiger partial charge in [-0.05, 0) is 18.9 Å². The van der Waals surface area contributed by atoms with Crippen LogP contribution in [-0.2, 0) is 4.74 Å². The SMILES string of the molecule is NNc1nccc(N2CCC(OCCO)CC2)n1. The van der Waals surface area contributed by atoms with E-state index in [0.717, 1.165) is 31.7 Å². The Balaban J connectivity index is 1.88. The fraction of sp³-hybridized carbons (Fsp3) is 0.636. The van der Waals surface area contributed by atoms with Crippen molar-refractivity contribution in [2.45, 2.75) is 18.9 Å². The molecule has 0 radical (unpaired) electrons. The number of hydrogen-bond donors (Lipinski definition) is 3. The number of ether oxygens (including phenoxy) is 1. The zero-order valence-corrected chi connectivity index (χ0v) is 10.2. The molecule has 100 valence electrons. The molecule has 0 aromatic carbocycles. The quantitative estimate of drug-likeness (QED) is 0.491. The Morgan fingerprint density at radius 2 is 2.28 bits per heavy atom. The molecule has 4 N–H and O–H groups in total. The molecule has 18 heavy (non-hydrogen) atoms. The van der Waals surface area contributed by atoms with Gasteiger partial charge in [0, 0.05) is 19.3 Å². The lowest BCUT2D eigenvalue weighted by atomic mass is 10.1. The molecule has 7 nitrogen and oxygen atoms in total. The Bertz CT molecular complexity index is 368. The van der Waals surface area contributed by atoms with Gasteiger partial charge in [0.25, 0.3) is 0 Å². The number of nitrogens with two attached hydrogens (primary N) is 1. The molecule has 2 rings (SSSR count). The summed E-state index contributed by atoms with van der Waals surface area (Å²) in [6.45, 7) is 2.27. The van der Waals surface area contributed by atoms with E-state index < -0.39 is 0 Å². The maximum absolute atomic E-state index is 8.71. The first-order valence-electron chi connectivity index (χ1n) is 6.10. The Morgan fingerprint density at radius 3 is 2.94 bits per heavy atom. The Kier molecular flexibility index (Phi) is 4.68. The number of nitrogens with zero attached hydrogens (tertiary/aromatic N) is 3. The first-order valence-corrected chi connectivity index (χ1v) is 6.10. The van der Waals surface area contributed by atoms with Crippen molar-refractivity contribution in [1.82, 2.24) is 9.97 Å². The van der Waals surface area contributed by atoms with Crippen molar-refractivity contribution in [3.63, 3.8) is 0 Å². The van der Waals surface area contributed by atoms with Crippen LogP contribution in [0.2, 0.25) is 0 Å². The number of rotatable bonds is 5. The van der Waals surface area contributed by atoms with E-state index in [9.17, 15) is 0 Å². The van der Waals surface area contributed by atoms with E-state index in [4.69, 9.17) is 15.7 Å². The van der Waals surface area contributed by atoms with Crippen molar-refractivity contribution in [1.29, 1.82) is 0 Å². The van der Waals surface area contributed by atoms with Gasteiger partial charge >= 0.3 is 0 Å². The van der Waals surface area contributed by atoms with E-state index >= 15 is 0 Å². The van der Waals surface area contributed by atoms with Crippen molar-refractivity contribution in [2.24, 2.45) is 5.84 Å².